The van der Waals surface area contributed by atoms with Gasteiger partial charge in [-0.2, -0.15) is 0 Å². The summed E-state index contributed by atoms with van der Waals surface area (Å²) in [5, 5.41) is 9.73. The summed E-state index contributed by atoms with van der Waals surface area (Å²) in [4.78, 5) is 0. The first kappa shape index (κ1) is 7.07. The molecule has 0 saturated heterocycles. The summed E-state index contributed by atoms with van der Waals surface area (Å²) >= 11 is 0. The lowest BCUT2D eigenvalue weighted by Gasteiger charge is -2.27. The molecule has 1 rings (SSSR count). The summed E-state index contributed by atoms with van der Waals surface area (Å²) in [7, 11) is 0. The van der Waals surface area contributed by atoms with Gasteiger partial charge in [0, 0.05) is 0 Å². The molecule has 1 saturated carbocycles. The Morgan fingerprint density at radius 3 is 2.00 bits per heavy atom. The molecule has 1 aliphatic rings. The number of hydrogen-bond donors (Lipinski definition) is 1. The van der Waals surface area contributed by atoms with E-state index in [9.17, 15) is 5.11 Å². The fourth-order valence-corrected chi connectivity index (χ4v) is 1.14. The first-order valence-corrected chi connectivity index (χ1v) is 3.77. The number of aliphatic hydroxyl groups is 1. The third-order valence-electron chi connectivity index (χ3n) is 2.57. The van der Waals surface area contributed by atoms with Crippen molar-refractivity contribution < 1.29 is 5.11 Å². The number of hydrogen-bond acceptors (Lipinski definition) is 1. The first-order chi connectivity index (χ1) is 4.05. The van der Waals surface area contributed by atoms with Crippen molar-refractivity contribution in [1.29, 1.82) is 0 Å². The lowest BCUT2D eigenvalue weighted by Crippen LogP contribution is -2.33. The van der Waals surface area contributed by atoms with Gasteiger partial charge in [-0.1, -0.05) is 13.8 Å². The Hall–Kier alpha value is -0.0400. The molecule has 1 N–H and O–H groups in total. The van der Waals surface area contributed by atoms with Gasteiger partial charge in [0.15, 0.2) is 0 Å². The van der Waals surface area contributed by atoms with Crippen LogP contribution in [0.3, 0.4) is 0 Å². The highest BCUT2D eigenvalue weighted by atomic mass is 16.3. The summed E-state index contributed by atoms with van der Waals surface area (Å²) in [5.74, 6) is 1.00. The van der Waals surface area contributed by atoms with E-state index in [1.54, 1.807) is 0 Å². The predicted molar refractivity (Wildman–Crippen MR) is 38.2 cm³/mol. The maximum atomic E-state index is 9.73. The van der Waals surface area contributed by atoms with E-state index < -0.39 is 0 Å². The van der Waals surface area contributed by atoms with Crippen LogP contribution in [-0.4, -0.2) is 10.7 Å². The second-order valence-electron chi connectivity index (χ2n) is 3.65. The van der Waals surface area contributed by atoms with Crippen LogP contribution in [0.15, 0.2) is 0 Å². The molecular formula is C8H16O. The number of rotatable bonds is 2. The molecule has 1 unspecified atom stereocenters. The molecule has 1 aliphatic carbocycles. The maximum absolute atomic E-state index is 9.73. The molecule has 1 atom stereocenters. The maximum Gasteiger partial charge on any atom is 0.0670 e. The molecule has 0 amide bonds. The minimum Gasteiger partial charge on any atom is -0.390 e. The van der Waals surface area contributed by atoms with Crippen LogP contribution >= 0.6 is 0 Å². The largest absolute Gasteiger partial charge is 0.390 e. The van der Waals surface area contributed by atoms with E-state index in [0.29, 0.717) is 11.8 Å². The molecular weight excluding hydrogens is 112 g/mol. The van der Waals surface area contributed by atoms with Gasteiger partial charge >= 0.3 is 0 Å². The highest BCUT2D eigenvalue weighted by Crippen LogP contribution is 2.42. The monoisotopic (exact) mass is 128 g/mol. The molecule has 0 spiro atoms. The van der Waals surface area contributed by atoms with Gasteiger partial charge in [-0.15, -0.1) is 0 Å². The molecule has 0 aromatic rings. The molecule has 0 aromatic heterocycles. The van der Waals surface area contributed by atoms with Crippen LogP contribution in [0.25, 0.3) is 0 Å². The Balaban J connectivity index is 2.48. The van der Waals surface area contributed by atoms with Crippen LogP contribution in [0.5, 0.6) is 0 Å². The Morgan fingerprint density at radius 1 is 1.44 bits per heavy atom. The summed E-state index contributed by atoms with van der Waals surface area (Å²) in [6.45, 7) is 6.12. The summed E-state index contributed by atoms with van der Waals surface area (Å²) in [6.07, 6.45) is 2.45. The summed E-state index contributed by atoms with van der Waals surface area (Å²) < 4.78 is 0. The smallest absolute Gasteiger partial charge is 0.0670 e. The van der Waals surface area contributed by atoms with E-state index >= 15 is 0 Å². The van der Waals surface area contributed by atoms with E-state index in [0.717, 1.165) is 0 Å². The average molecular weight is 128 g/mol. The first-order valence-electron chi connectivity index (χ1n) is 3.77. The van der Waals surface area contributed by atoms with Crippen molar-refractivity contribution in [2.75, 3.05) is 0 Å². The molecule has 0 heterocycles. The molecule has 1 nitrogen and oxygen atoms in total. The van der Waals surface area contributed by atoms with Gasteiger partial charge in [-0.25, -0.2) is 0 Å². The average Bonchev–Trinajstić information content (AvgIpc) is 2.42. The van der Waals surface area contributed by atoms with Crippen LogP contribution in [0.4, 0.5) is 0 Å². The van der Waals surface area contributed by atoms with Gasteiger partial charge in [-0.05, 0) is 31.6 Å². The standard InChI is InChI=1S/C8H16O/c1-6(2)8(3,9)7-4-5-7/h6-7,9H,4-5H2,1-3H3. The molecule has 1 heteroatoms. The summed E-state index contributed by atoms with van der Waals surface area (Å²) in [6, 6.07) is 0. The fourth-order valence-electron chi connectivity index (χ4n) is 1.14. The normalized spacial score (nSPS) is 26.3. The van der Waals surface area contributed by atoms with E-state index in [1.807, 2.05) is 6.92 Å². The fraction of sp³-hybridized carbons (Fsp3) is 1.00. The second-order valence-corrected chi connectivity index (χ2v) is 3.65. The van der Waals surface area contributed by atoms with Crippen LogP contribution in [0.2, 0.25) is 0 Å². The zero-order valence-corrected chi connectivity index (χ0v) is 6.52. The van der Waals surface area contributed by atoms with Crippen molar-refractivity contribution in [3.63, 3.8) is 0 Å². The molecule has 0 aromatic carbocycles. The molecule has 1 fully saturated rings. The van der Waals surface area contributed by atoms with Gasteiger partial charge in [0.25, 0.3) is 0 Å². The lowest BCUT2D eigenvalue weighted by atomic mass is 9.88. The van der Waals surface area contributed by atoms with Gasteiger partial charge in [-0.3, -0.25) is 0 Å². The van der Waals surface area contributed by atoms with Crippen molar-refractivity contribution in [2.24, 2.45) is 11.8 Å². The Bertz CT molecular complexity index is 97.1. The van der Waals surface area contributed by atoms with Crippen molar-refractivity contribution >= 4 is 0 Å². The quantitative estimate of drug-likeness (QED) is 0.601. The van der Waals surface area contributed by atoms with Crippen LogP contribution in [-0.2, 0) is 0 Å². The molecule has 0 radical (unpaired) electrons. The molecule has 0 aliphatic heterocycles. The van der Waals surface area contributed by atoms with E-state index in [1.165, 1.54) is 12.8 Å². The third-order valence-corrected chi connectivity index (χ3v) is 2.57. The topological polar surface area (TPSA) is 20.2 Å². The predicted octanol–water partition coefficient (Wildman–Crippen LogP) is 1.80. The van der Waals surface area contributed by atoms with Gasteiger partial charge in [0.2, 0.25) is 0 Å². The van der Waals surface area contributed by atoms with Gasteiger partial charge < -0.3 is 5.11 Å². The van der Waals surface area contributed by atoms with E-state index in [-0.39, 0.29) is 5.60 Å². The summed E-state index contributed by atoms with van der Waals surface area (Å²) in [5.41, 5.74) is -0.389. The van der Waals surface area contributed by atoms with E-state index in [2.05, 4.69) is 13.8 Å². The van der Waals surface area contributed by atoms with Crippen LogP contribution < -0.4 is 0 Å². The SMILES string of the molecule is CC(C)C(C)(O)C1CC1. The van der Waals surface area contributed by atoms with E-state index in [4.69, 9.17) is 0 Å². The molecule has 0 bridgehead atoms. The lowest BCUT2D eigenvalue weighted by molar-refractivity contribution is -0.00802. The van der Waals surface area contributed by atoms with Crippen molar-refractivity contribution in [3.05, 3.63) is 0 Å². The van der Waals surface area contributed by atoms with Crippen molar-refractivity contribution in [1.82, 2.24) is 0 Å². The highest BCUT2D eigenvalue weighted by Gasteiger charge is 2.41. The zero-order chi connectivity index (χ0) is 7.07. The Labute approximate surface area is 57.1 Å². The minimum atomic E-state index is -0.389. The third kappa shape index (κ3) is 1.26. The Morgan fingerprint density at radius 2 is 1.89 bits per heavy atom. The molecule has 54 valence electrons. The Kier molecular flexibility index (Phi) is 1.55. The van der Waals surface area contributed by atoms with Gasteiger partial charge in [0.1, 0.15) is 0 Å². The van der Waals surface area contributed by atoms with Crippen LogP contribution in [0, 0.1) is 11.8 Å². The second kappa shape index (κ2) is 1.98. The van der Waals surface area contributed by atoms with Gasteiger partial charge in [0.05, 0.1) is 5.60 Å². The zero-order valence-electron chi connectivity index (χ0n) is 6.52. The minimum absolute atomic E-state index is 0.389. The van der Waals surface area contributed by atoms with Crippen LogP contribution in [0.1, 0.15) is 33.6 Å². The van der Waals surface area contributed by atoms with Crippen molar-refractivity contribution in [2.45, 2.75) is 39.2 Å². The van der Waals surface area contributed by atoms with Crippen molar-refractivity contribution in [3.8, 4) is 0 Å². The highest BCUT2D eigenvalue weighted by molar-refractivity contribution is 4.92. The molecule has 9 heavy (non-hydrogen) atoms.